The molecule has 1 amide bonds. The van der Waals surface area contributed by atoms with Crippen LogP contribution in [-0.2, 0) is 14.8 Å². The normalized spacial score (nSPS) is 18.0. The van der Waals surface area contributed by atoms with Crippen molar-refractivity contribution in [2.75, 3.05) is 26.2 Å². The number of sulfonamides is 1. The smallest absolute Gasteiger partial charge is 0.252 e. The molecule has 1 aliphatic heterocycles. The number of nitrogens with zero attached hydrogens (tertiary/aromatic N) is 2. The van der Waals surface area contributed by atoms with Crippen LogP contribution in [0.4, 0.5) is 0 Å². The third kappa shape index (κ3) is 4.05. The van der Waals surface area contributed by atoms with Gasteiger partial charge in [-0.2, -0.15) is 4.31 Å². The largest absolute Gasteiger partial charge is 0.340 e. The lowest BCUT2D eigenvalue weighted by Gasteiger charge is -2.35. The Morgan fingerprint density at radius 3 is 2.33 bits per heavy atom. The first-order chi connectivity index (χ1) is 9.70. The van der Waals surface area contributed by atoms with Crippen molar-refractivity contribution in [1.82, 2.24) is 9.21 Å². The minimum atomic E-state index is -3.39. The number of hydrogen-bond donors (Lipinski definition) is 0. The summed E-state index contributed by atoms with van der Waals surface area (Å²) in [5.74, 6) is 0.107. The highest BCUT2D eigenvalue weighted by Crippen LogP contribution is 2.24. The highest BCUT2D eigenvalue weighted by atomic mass is 32.2. The molecule has 0 radical (unpaired) electrons. The predicted molar refractivity (Wildman–Crippen MR) is 83.7 cm³/mol. The van der Waals surface area contributed by atoms with Crippen molar-refractivity contribution < 1.29 is 13.2 Å². The molecule has 0 N–H and O–H groups in total. The Balaban J connectivity index is 1.96. The maximum atomic E-state index is 12.4. The van der Waals surface area contributed by atoms with Crippen LogP contribution in [0.1, 0.15) is 27.2 Å². The maximum absolute atomic E-state index is 12.4. The third-order valence-corrected chi connectivity index (χ3v) is 6.63. The first kappa shape index (κ1) is 16.5. The molecule has 1 saturated heterocycles. The minimum Gasteiger partial charge on any atom is -0.340 e. The molecule has 1 fully saturated rings. The molecule has 0 bridgehead atoms. The summed E-state index contributed by atoms with van der Waals surface area (Å²) in [5, 5.41) is 1.76. The van der Waals surface area contributed by atoms with Crippen molar-refractivity contribution >= 4 is 27.3 Å². The molecule has 0 aromatic carbocycles. The van der Waals surface area contributed by atoms with Gasteiger partial charge in [-0.3, -0.25) is 4.79 Å². The molecule has 2 rings (SSSR count). The Morgan fingerprint density at radius 2 is 1.86 bits per heavy atom. The Hall–Kier alpha value is -0.920. The Kier molecular flexibility index (Phi) is 4.75. The van der Waals surface area contributed by atoms with Crippen LogP contribution in [0.15, 0.2) is 21.7 Å². The van der Waals surface area contributed by atoms with Crippen molar-refractivity contribution in [3.05, 3.63) is 17.5 Å². The molecule has 0 atom stereocenters. The predicted octanol–water partition coefficient (Wildman–Crippen LogP) is 2.02. The van der Waals surface area contributed by atoms with Gasteiger partial charge in [-0.1, -0.05) is 26.8 Å². The quantitative estimate of drug-likeness (QED) is 0.852. The standard InChI is InChI=1S/C14H22N2O3S2/c1-14(2,3)11-12(17)15-6-8-16(9-7-15)21(18,19)13-5-4-10-20-13/h4-5,10H,6-9,11H2,1-3H3. The van der Waals surface area contributed by atoms with Gasteiger partial charge in [0.25, 0.3) is 10.0 Å². The van der Waals surface area contributed by atoms with Gasteiger partial charge in [0.15, 0.2) is 0 Å². The molecular weight excluding hydrogens is 308 g/mol. The van der Waals surface area contributed by atoms with Gasteiger partial charge in [-0.05, 0) is 16.9 Å². The van der Waals surface area contributed by atoms with Gasteiger partial charge < -0.3 is 4.90 Å². The van der Waals surface area contributed by atoms with Crippen molar-refractivity contribution in [3.8, 4) is 0 Å². The van der Waals surface area contributed by atoms with E-state index in [1.807, 2.05) is 20.8 Å². The van der Waals surface area contributed by atoms with E-state index in [0.717, 1.165) is 0 Å². The Bertz CT molecular complexity index is 580. The molecular formula is C14H22N2O3S2. The van der Waals surface area contributed by atoms with Crippen molar-refractivity contribution in [3.63, 3.8) is 0 Å². The zero-order valence-corrected chi connectivity index (χ0v) is 14.3. The molecule has 0 aliphatic carbocycles. The van der Waals surface area contributed by atoms with Crippen LogP contribution in [-0.4, -0.2) is 49.7 Å². The first-order valence-electron chi connectivity index (χ1n) is 7.01. The molecule has 7 heteroatoms. The highest BCUT2D eigenvalue weighted by molar-refractivity contribution is 7.91. The number of rotatable bonds is 3. The van der Waals surface area contributed by atoms with E-state index >= 15 is 0 Å². The number of hydrogen-bond acceptors (Lipinski definition) is 4. The second-order valence-corrected chi connectivity index (χ2v) is 9.57. The van der Waals surface area contributed by atoms with Gasteiger partial charge in [-0.25, -0.2) is 8.42 Å². The second-order valence-electron chi connectivity index (χ2n) is 6.45. The summed E-state index contributed by atoms with van der Waals surface area (Å²) in [6.45, 7) is 7.78. The van der Waals surface area contributed by atoms with E-state index in [9.17, 15) is 13.2 Å². The van der Waals surface area contributed by atoms with Crippen molar-refractivity contribution in [2.45, 2.75) is 31.4 Å². The van der Waals surface area contributed by atoms with Crippen LogP contribution < -0.4 is 0 Å². The van der Waals surface area contributed by atoms with Gasteiger partial charge in [0.2, 0.25) is 5.91 Å². The molecule has 5 nitrogen and oxygen atoms in total. The molecule has 2 heterocycles. The van der Waals surface area contributed by atoms with E-state index < -0.39 is 10.0 Å². The topological polar surface area (TPSA) is 57.7 Å². The number of thiophene rings is 1. The van der Waals surface area contributed by atoms with Crippen LogP contribution in [0, 0.1) is 5.41 Å². The highest BCUT2D eigenvalue weighted by Gasteiger charge is 2.31. The minimum absolute atomic E-state index is 0.0444. The van der Waals surface area contributed by atoms with Gasteiger partial charge in [0.05, 0.1) is 0 Å². The molecule has 1 aliphatic rings. The number of amides is 1. The Labute approximate surface area is 130 Å². The summed E-state index contributed by atoms with van der Waals surface area (Å²) >= 11 is 1.23. The van der Waals surface area contributed by atoms with Crippen LogP contribution in [0.3, 0.4) is 0 Å². The SMILES string of the molecule is CC(C)(C)CC(=O)N1CCN(S(=O)(=O)c2cccs2)CC1. The number of carbonyl (C=O) groups is 1. The molecule has 21 heavy (non-hydrogen) atoms. The fourth-order valence-corrected chi connectivity index (χ4v) is 4.85. The van der Waals surface area contributed by atoms with E-state index in [2.05, 4.69) is 0 Å². The molecule has 0 unspecified atom stereocenters. The van der Waals surface area contributed by atoms with E-state index in [1.165, 1.54) is 15.6 Å². The second kappa shape index (κ2) is 6.06. The van der Waals surface area contributed by atoms with Gasteiger partial charge in [0.1, 0.15) is 4.21 Å². The van der Waals surface area contributed by atoms with Gasteiger partial charge in [-0.15, -0.1) is 11.3 Å². The maximum Gasteiger partial charge on any atom is 0.252 e. The molecule has 1 aromatic heterocycles. The molecule has 118 valence electrons. The summed E-state index contributed by atoms with van der Waals surface area (Å²) in [5.41, 5.74) is -0.0444. The van der Waals surface area contributed by atoms with Crippen molar-refractivity contribution in [1.29, 1.82) is 0 Å². The van der Waals surface area contributed by atoms with Crippen molar-refractivity contribution in [2.24, 2.45) is 5.41 Å². The molecule has 0 saturated carbocycles. The van der Waals surface area contributed by atoms with Gasteiger partial charge >= 0.3 is 0 Å². The Morgan fingerprint density at radius 1 is 1.24 bits per heavy atom. The fourth-order valence-electron chi connectivity index (χ4n) is 2.28. The van der Waals surface area contributed by atoms with Crippen LogP contribution in [0.2, 0.25) is 0 Å². The summed E-state index contributed by atoms with van der Waals surface area (Å²) in [7, 11) is -3.39. The lowest BCUT2D eigenvalue weighted by molar-refractivity contribution is -0.134. The average molecular weight is 330 g/mol. The van der Waals surface area contributed by atoms with Crippen LogP contribution in [0.5, 0.6) is 0 Å². The third-order valence-electron chi connectivity index (χ3n) is 3.36. The monoisotopic (exact) mass is 330 g/mol. The number of piperazine rings is 1. The van der Waals surface area contributed by atoms with Gasteiger partial charge in [0, 0.05) is 32.6 Å². The van der Waals surface area contributed by atoms with Crippen LogP contribution in [0.25, 0.3) is 0 Å². The van der Waals surface area contributed by atoms with E-state index in [-0.39, 0.29) is 11.3 Å². The van der Waals surface area contributed by atoms with E-state index in [4.69, 9.17) is 0 Å². The summed E-state index contributed by atoms with van der Waals surface area (Å²) in [6, 6.07) is 3.36. The summed E-state index contributed by atoms with van der Waals surface area (Å²) in [6.07, 6.45) is 0.491. The summed E-state index contributed by atoms with van der Waals surface area (Å²) < 4.78 is 26.6. The first-order valence-corrected chi connectivity index (χ1v) is 9.33. The van der Waals surface area contributed by atoms with E-state index in [0.29, 0.717) is 36.8 Å². The fraction of sp³-hybridized carbons (Fsp3) is 0.643. The van der Waals surface area contributed by atoms with E-state index in [1.54, 1.807) is 22.4 Å². The lowest BCUT2D eigenvalue weighted by Crippen LogP contribution is -2.50. The summed E-state index contributed by atoms with van der Waals surface area (Å²) in [4.78, 5) is 13.9. The zero-order chi connectivity index (χ0) is 15.7. The zero-order valence-electron chi connectivity index (χ0n) is 12.7. The van der Waals surface area contributed by atoms with Crippen LogP contribution >= 0.6 is 11.3 Å². The average Bonchev–Trinajstić information content (AvgIpc) is 2.91. The molecule has 0 spiro atoms. The lowest BCUT2D eigenvalue weighted by atomic mass is 9.91. The molecule has 1 aromatic rings. The number of carbonyl (C=O) groups excluding carboxylic acids is 1.